The van der Waals surface area contributed by atoms with Gasteiger partial charge < -0.3 is 0 Å². The largest absolute Gasteiger partial charge is 0.278 e. The monoisotopic (exact) mass is 595 g/mol. The molecule has 0 radical (unpaired) electrons. The Bertz CT molecular complexity index is 2460. The first-order valence-corrected chi connectivity index (χ1v) is 15.9. The average Bonchev–Trinajstić information content (AvgIpc) is 3.64. The maximum Gasteiger partial charge on any atom is 0.234 e. The first-order chi connectivity index (χ1) is 22.2. The van der Waals surface area contributed by atoms with E-state index < -0.39 is 0 Å². The number of hydrogen-bond acceptors (Lipinski definition) is 2. The number of nitrogens with zero attached hydrogens (tertiary/aromatic N) is 3. The highest BCUT2D eigenvalue weighted by Crippen LogP contribution is 2.40. The summed E-state index contributed by atoms with van der Waals surface area (Å²) in [7, 11) is 0. The number of benzene rings is 6. The van der Waals surface area contributed by atoms with Crippen LogP contribution in [0, 0.1) is 0 Å². The summed E-state index contributed by atoms with van der Waals surface area (Å²) in [6.45, 7) is 6.00. The second kappa shape index (κ2) is 11.2. The first-order valence-electron chi connectivity index (χ1n) is 15.0. The van der Waals surface area contributed by atoms with E-state index in [2.05, 4.69) is 152 Å². The van der Waals surface area contributed by atoms with Gasteiger partial charge in [0.05, 0.1) is 11.0 Å². The van der Waals surface area contributed by atoms with Crippen LogP contribution in [-0.4, -0.2) is 16.2 Å². The van der Waals surface area contributed by atoms with Gasteiger partial charge in [0.15, 0.2) is 0 Å². The summed E-state index contributed by atoms with van der Waals surface area (Å²) in [5.74, 6) is 0.580. The normalized spacial score (nSPS) is 12.5. The third-order valence-corrected chi connectivity index (χ3v) is 9.67. The van der Waals surface area contributed by atoms with Crippen molar-refractivity contribution in [1.82, 2.24) is 4.57 Å². The zero-order valence-corrected chi connectivity index (χ0v) is 25.6. The standard InChI is InChI=1S/C41H29N3S/c1-3-42-41(44-37-21-9-7-17-33(37)34-24-23-30(26-38(34)44)28-13-5-4-6-14-28)43-27(2)29-15-11-16-31(25-29)32-19-12-20-36-35-18-8-10-22-39(35)45-40(32)36/h3-26H,1H2,2H3/b42-41+,43-27+. The minimum atomic E-state index is 0.580. The molecule has 45 heavy (non-hydrogen) atoms. The van der Waals surface area contributed by atoms with Gasteiger partial charge in [-0.2, -0.15) is 0 Å². The molecule has 0 unspecified atom stereocenters. The average molecular weight is 596 g/mol. The van der Waals surface area contributed by atoms with E-state index >= 15 is 0 Å². The third-order valence-electron chi connectivity index (χ3n) is 8.45. The molecule has 2 heterocycles. The fourth-order valence-electron chi connectivity index (χ4n) is 6.32. The number of aromatic nitrogens is 1. The van der Waals surface area contributed by atoms with E-state index in [1.807, 2.05) is 17.4 Å². The molecular weight excluding hydrogens is 567 g/mol. The molecule has 0 saturated heterocycles. The Morgan fingerprint density at radius 1 is 0.622 bits per heavy atom. The van der Waals surface area contributed by atoms with Gasteiger partial charge in [-0.3, -0.25) is 4.57 Å². The topological polar surface area (TPSA) is 29.6 Å². The van der Waals surface area contributed by atoms with E-state index in [-0.39, 0.29) is 0 Å². The molecule has 0 fully saturated rings. The van der Waals surface area contributed by atoms with Crippen LogP contribution in [0.3, 0.4) is 0 Å². The molecule has 214 valence electrons. The van der Waals surface area contributed by atoms with Crippen LogP contribution in [-0.2, 0) is 0 Å². The van der Waals surface area contributed by atoms with Crippen molar-refractivity contribution in [3.8, 4) is 22.3 Å². The molecule has 4 heteroatoms. The van der Waals surface area contributed by atoms with Crippen LogP contribution < -0.4 is 0 Å². The molecule has 0 aliphatic carbocycles. The molecule has 2 aromatic heterocycles. The number of fused-ring (bicyclic) bond motifs is 6. The molecule has 0 spiro atoms. The molecular formula is C41H29N3S. The van der Waals surface area contributed by atoms with Crippen molar-refractivity contribution in [2.45, 2.75) is 6.92 Å². The number of thiophene rings is 1. The zero-order valence-electron chi connectivity index (χ0n) is 24.8. The van der Waals surface area contributed by atoms with Crippen LogP contribution >= 0.6 is 11.3 Å². The van der Waals surface area contributed by atoms with Gasteiger partial charge in [-0.15, -0.1) is 11.3 Å². The molecule has 6 aromatic carbocycles. The summed E-state index contributed by atoms with van der Waals surface area (Å²) in [6.07, 6.45) is 1.58. The van der Waals surface area contributed by atoms with Crippen molar-refractivity contribution in [1.29, 1.82) is 0 Å². The lowest BCUT2D eigenvalue weighted by Crippen LogP contribution is -2.12. The van der Waals surface area contributed by atoms with Crippen LogP contribution in [0.4, 0.5) is 0 Å². The second-order valence-corrected chi connectivity index (χ2v) is 12.2. The minimum absolute atomic E-state index is 0.580. The Morgan fingerprint density at radius 3 is 2.20 bits per heavy atom. The third kappa shape index (κ3) is 4.67. The molecule has 0 saturated carbocycles. The lowest BCUT2D eigenvalue weighted by atomic mass is 9.99. The van der Waals surface area contributed by atoms with Gasteiger partial charge in [0.25, 0.3) is 0 Å². The molecule has 8 rings (SSSR count). The lowest BCUT2D eigenvalue weighted by molar-refractivity contribution is 1.21. The number of hydrogen-bond donors (Lipinski definition) is 0. The van der Waals surface area contributed by atoms with Crippen molar-refractivity contribution < 1.29 is 0 Å². The highest BCUT2D eigenvalue weighted by molar-refractivity contribution is 7.26. The van der Waals surface area contributed by atoms with Crippen molar-refractivity contribution in [3.63, 3.8) is 0 Å². The van der Waals surface area contributed by atoms with Crippen molar-refractivity contribution in [2.24, 2.45) is 9.98 Å². The SMILES string of the molecule is C=C/N=C(\N=C(/C)c1cccc(-c2cccc3c2sc2ccccc23)c1)n1c2ccccc2c2ccc(-c3ccccc3)cc21. The van der Waals surface area contributed by atoms with E-state index in [4.69, 9.17) is 9.98 Å². The Balaban J connectivity index is 1.26. The van der Waals surface area contributed by atoms with Gasteiger partial charge in [-0.05, 0) is 59.0 Å². The van der Waals surface area contributed by atoms with Gasteiger partial charge >= 0.3 is 0 Å². The fourth-order valence-corrected chi connectivity index (χ4v) is 7.55. The Kier molecular flexibility index (Phi) is 6.70. The van der Waals surface area contributed by atoms with Gasteiger partial charge in [-0.1, -0.05) is 122 Å². The minimum Gasteiger partial charge on any atom is -0.278 e. The van der Waals surface area contributed by atoms with E-state index in [1.54, 1.807) is 6.20 Å². The van der Waals surface area contributed by atoms with E-state index in [9.17, 15) is 0 Å². The van der Waals surface area contributed by atoms with E-state index in [0.29, 0.717) is 5.96 Å². The summed E-state index contributed by atoms with van der Waals surface area (Å²) >= 11 is 1.85. The lowest BCUT2D eigenvalue weighted by Gasteiger charge is -2.11. The molecule has 0 N–H and O–H groups in total. The van der Waals surface area contributed by atoms with Crippen LogP contribution in [0.25, 0.3) is 64.2 Å². The molecule has 0 atom stereocenters. The summed E-state index contributed by atoms with van der Waals surface area (Å²) in [4.78, 5) is 9.91. The van der Waals surface area contributed by atoms with Gasteiger partial charge in [0.1, 0.15) is 0 Å². The summed E-state index contributed by atoms with van der Waals surface area (Å²) < 4.78 is 4.77. The zero-order chi connectivity index (χ0) is 30.3. The van der Waals surface area contributed by atoms with E-state index in [1.165, 1.54) is 36.9 Å². The molecule has 8 aromatic rings. The predicted octanol–water partition coefficient (Wildman–Crippen LogP) is 11.4. The quantitative estimate of drug-likeness (QED) is 0.143. The number of rotatable bonds is 4. The maximum absolute atomic E-state index is 5.17. The number of aliphatic imine (C=N–C) groups is 2. The second-order valence-electron chi connectivity index (χ2n) is 11.1. The van der Waals surface area contributed by atoms with Gasteiger partial charge in [-0.25, -0.2) is 9.98 Å². The van der Waals surface area contributed by atoms with Crippen LogP contribution in [0.5, 0.6) is 0 Å². The predicted molar refractivity (Wildman–Crippen MR) is 195 cm³/mol. The smallest absolute Gasteiger partial charge is 0.234 e. The molecule has 3 nitrogen and oxygen atoms in total. The van der Waals surface area contributed by atoms with Crippen LogP contribution in [0.15, 0.2) is 162 Å². The fraction of sp³-hybridized carbons (Fsp3) is 0.0244. The Labute approximate surface area is 265 Å². The highest BCUT2D eigenvalue weighted by Gasteiger charge is 2.16. The molecule has 0 bridgehead atoms. The Morgan fingerprint density at radius 2 is 1.33 bits per heavy atom. The summed E-state index contributed by atoms with van der Waals surface area (Å²) in [5.41, 5.74) is 8.77. The molecule has 0 amide bonds. The van der Waals surface area contributed by atoms with Crippen LogP contribution in [0.1, 0.15) is 12.5 Å². The van der Waals surface area contributed by atoms with Crippen LogP contribution in [0.2, 0.25) is 0 Å². The van der Waals surface area contributed by atoms with Gasteiger partial charge in [0, 0.05) is 42.9 Å². The molecule has 0 aliphatic rings. The van der Waals surface area contributed by atoms with Gasteiger partial charge in [0.2, 0.25) is 5.96 Å². The summed E-state index contributed by atoms with van der Waals surface area (Å²) in [6, 6.07) is 49.5. The first kappa shape index (κ1) is 27.0. The van der Waals surface area contributed by atoms with Crippen molar-refractivity contribution in [3.05, 3.63) is 158 Å². The van der Waals surface area contributed by atoms with E-state index in [0.717, 1.165) is 38.6 Å². The highest BCUT2D eigenvalue weighted by atomic mass is 32.1. The maximum atomic E-state index is 5.17. The summed E-state index contributed by atoms with van der Waals surface area (Å²) in [5, 5.41) is 4.93. The van der Waals surface area contributed by atoms with Crippen molar-refractivity contribution >= 4 is 65.0 Å². The van der Waals surface area contributed by atoms with Crippen molar-refractivity contribution in [2.75, 3.05) is 0 Å². The number of para-hydroxylation sites is 1. The molecule has 0 aliphatic heterocycles. The Hall–Kier alpha value is -5.58.